The number of rotatable bonds is 3. The SMILES string of the molecule is CCc1ccc(CNC2=NCCCS2)s1. The largest absolute Gasteiger partial charge is 0.360 e. The molecule has 4 heteroatoms. The molecule has 1 aliphatic rings. The van der Waals surface area contributed by atoms with E-state index in [0.29, 0.717) is 0 Å². The van der Waals surface area contributed by atoms with Crippen molar-refractivity contribution in [2.24, 2.45) is 4.99 Å². The van der Waals surface area contributed by atoms with E-state index in [-0.39, 0.29) is 0 Å². The van der Waals surface area contributed by atoms with Crippen LogP contribution in [0, 0.1) is 0 Å². The van der Waals surface area contributed by atoms with Gasteiger partial charge in [-0.25, -0.2) is 0 Å². The van der Waals surface area contributed by atoms with Crippen LogP contribution < -0.4 is 5.32 Å². The molecular weight excluding hydrogens is 224 g/mol. The van der Waals surface area contributed by atoms with Crippen molar-refractivity contribution < 1.29 is 0 Å². The van der Waals surface area contributed by atoms with Gasteiger partial charge >= 0.3 is 0 Å². The Morgan fingerprint density at radius 2 is 2.27 bits per heavy atom. The van der Waals surface area contributed by atoms with Gasteiger partial charge in [0, 0.05) is 22.1 Å². The Bertz CT molecular complexity index is 344. The fourth-order valence-electron chi connectivity index (χ4n) is 1.44. The lowest BCUT2D eigenvalue weighted by atomic mass is 10.4. The molecule has 0 radical (unpaired) electrons. The molecule has 2 heterocycles. The Labute approximate surface area is 99.2 Å². The third-order valence-electron chi connectivity index (χ3n) is 2.28. The Kier molecular flexibility index (Phi) is 4.09. The highest BCUT2D eigenvalue weighted by Gasteiger charge is 2.05. The summed E-state index contributed by atoms with van der Waals surface area (Å²) in [5.74, 6) is 1.20. The molecule has 0 aliphatic carbocycles. The molecule has 1 aromatic rings. The molecule has 0 saturated carbocycles. The first-order valence-electron chi connectivity index (χ1n) is 5.37. The molecule has 0 atom stereocenters. The molecule has 82 valence electrons. The van der Waals surface area contributed by atoms with Gasteiger partial charge in [-0.2, -0.15) is 0 Å². The maximum atomic E-state index is 4.44. The number of hydrogen-bond donors (Lipinski definition) is 1. The number of nitrogens with one attached hydrogen (secondary N) is 1. The normalized spacial score (nSPS) is 16.2. The Hall–Kier alpha value is -0.480. The summed E-state index contributed by atoms with van der Waals surface area (Å²) in [6.45, 7) is 4.11. The minimum Gasteiger partial charge on any atom is -0.360 e. The predicted octanol–water partition coefficient (Wildman–Crippen LogP) is 2.89. The highest BCUT2D eigenvalue weighted by molar-refractivity contribution is 8.13. The van der Waals surface area contributed by atoms with Crippen molar-refractivity contribution in [1.82, 2.24) is 5.32 Å². The summed E-state index contributed by atoms with van der Waals surface area (Å²) in [7, 11) is 0. The van der Waals surface area contributed by atoms with E-state index in [4.69, 9.17) is 0 Å². The van der Waals surface area contributed by atoms with Crippen LogP contribution in [-0.4, -0.2) is 17.5 Å². The van der Waals surface area contributed by atoms with Gasteiger partial charge in [-0.3, -0.25) is 4.99 Å². The molecule has 15 heavy (non-hydrogen) atoms. The van der Waals surface area contributed by atoms with E-state index in [9.17, 15) is 0 Å². The van der Waals surface area contributed by atoms with Crippen molar-refractivity contribution in [1.29, 1.82) is 0 Å². The number of thiophene rings is 1. The summed E-state index contributed by atoms with van der Waals surface area (Å²) in [6, 6.07) is 4.43. The average molecular weight is 240 g/mol. The van der Waals surface area contributed by atoms with Crippen LogP contribution in [0.2, 0.25) is 0 Å². The first-order valence-corrected chi connectivity index (χ1v) is 7.17. The smallest absolute Gasteiger partial charge is 0.156 e. The summed E-state index contributed by atoms with van der Waals surface area (Å²) >= 11 is 3.73. The summed E-state index contributed by atoms with van der Waals surface area (Å²) in [6.07, 6.45) is 2.36. The molecule has 0 amide bonds. The molecular formula is C11H16N2S2. The van der Waals surface area contributed by atoms with Crippen LogP contribution in [0.15, 0.2) is 17.1 Å². The lowest BCUT2D eigenvalue weighted by Gasteiger charge is -2.12. The molecule has 0 fully saturated rings. The van der Waals surface area contributed by atoms with Crippen LogP contribution in [-0.2, 0) is 13.0 Å². The van der Waals surface area contributed by atoms with E-state index in [0.717, 1.165) is 24.7 Å². The topological polar surface area (TPSA) is 24.4 Å². The lowest BCUT2D eigenvalue weighted by molar-refractivity contribution is 0.889. The third kappa shape index (κ3) is 3.24. The number of nitrogens with zero attached hydrogens (tertiary/aromatic N) is 1. The zero-order valence-corrected chi connectivity index (χ0v) is 10.6. The number of amidine groups is 1. The average Bonchev–Trinajstić information content (AvgIpc) is 2.76. The molecule has 0 bridgehead atoms. The van der Waals surface area contributed by atoms with Gasteiger partial charge in [0.15, 0.2) is 5.17 Å². The lowest BCUT2D eigenvalue weighted by Crippen LogP contribution is -2.22. The van der Waals surface area contributed by atoms with Gasteiger partial charge in [0.05, 0.1) is 6.54 Å². The monoisotopic (exact) mass is 240 g/mol. The minimum absolute atomic E-state index is 0.927. The maximum Gasteiger partial charge on any atom is 0.156 e. The van der Waals surface area contributed by atoms with Gasteiger partial charge in [0.1, 0.15) is 0 Å². The number of aryl methyl sites for hydroxylation is 1. The second-order valence-corrected chi connectivity index (χ2v) is 5.80. The zero-order chi connectivity index (χ0) is 10.5. The summed E-state index contributed by atoms with van der Waals surface area (Å²) in [4.78, 5) is 7.31. The van der Waals surface area contributed by atoms with Crippen LogP contribution in [0.5, 0.6) is 0 Å². The highest BCUT2D eigenvalue weighted by atomic mass is 32.2. The summed E-state index contributed by atoms with van der Waals surface area (Å²) in [5.41, 5.74) is 0. The molecule has 1 aromatic heterocycles. The summed E-state index contributed by atoms with van der Waals surface area (Å²) < 4.78 is 0. The van der Waals surface area contributed by atoms with Crippen molar-refractivity contribution in [3.8, 4) is 0 Å². The number of aliphatic imine (C=N–C) groups is 1. The van der Waals surface area contributed by atoms with E-state index < -0.39 is 0 Å². The molecule has 1 N–H and O–H groups in total. The second-order valence-electron chi connectivity index (χ2n) is 3.46. The Balaban J connectivity index is 1.84. The fraction of sp³-hybridized carbons (Fsp3) is 0.545. The quantitative estimate of drug-likeness (QED) is 0.878. The van der Waals surface area contributed by atoms with Crippen molar-refractivity contribution in [2.45, 2.75) is 26.3 Å². The number of thioether (sulfide) groups is 1. The van der Waals surface area contributed by atoms with Crippen LogP contribution in [0.3, 0.4) is 0 Å². The molecule has 0 saturated heterocycles. The molecule has 0 spiro atoms. The molecule has 1 aliphatic heterocycles. The van der Waals surface area contributed by atoms with E-state index in [1.807, 2.05) is 23.1 Å². The molecule has 0 aromatic carbocycles. The van der Waals surface area contributed by atoms with Crippen LogP contribution in [0.1, 0.15) is 23.1 Å². The minimum atomic E-state index is 0.927. The second kappa shape index (κ2) is 5.56. The zero-order valence-electron chi connectivity index (χ0n) is 8.95. The Morgan fingerprint density at radius 1 is 1.40 bits per heavy atom. The third-order valence-corrected chi connectivity index (χ3v) is 4.55. The van der Waals surface area contributed by atoms with E-state index in [1.54, 1.807) is 0 Å². The van der Waals surface area contributed by atoms with Crippen LogP contribution in [0.25, 0.3) is 0 Å². The fourth-order valence-corrected chi connectivity index (χ4v) is 3.16. The van der Waals surface area contributed by atoms with Gasteiger partial charge < -0.3 is 5.32 Å². The standard InChI is InChI=1S/C11H16N2S2/c1-2-9-4-5-10(15-9)8-13-11-12-6-3-7-14-11/h4-5H,2-3,6-8H2,1H3,(H,12,13). The van der Waals surface area contributed by atoms with Crippen LogP contribution >= 0.6 is 23.1 Å². The van der Waals surface area contributed by atoms with Crippen LogP contribution in [0.4, 0.5) is 0 Å². The highest BCUT2D eigenvalue weighted by Crippen LogP contribution is 2.17. The first kappa shape index (κ1) is 11.0. The van der Waals surface area contributed by atoms with Gasteiger partial charge in [0.25, 0.3) is 0 Å². The van der Waals surface area contributed by atoms with E-state index in [1.165, 1.54) is 21.9 Å². The molecule has 0 unspecified atom stereocenters. The molecule has 2 nitrogen and oxygen atoms in total. The van der Waals surface area contributed by atoms with Crippen molar-refractivity contribution in [3.05, 3.63) is 21.9 Å². The van der Waals surface area contributed by atoms with Crippen molar-refractivity contribution in [3.63, 3.8) is 0 Å². The first-order chi connectivity index (χ1) is 7.38. The van der Waals surface area contributed by atoms with Gasteiger partial charge in [-0.15, -0.1) is 11.3 Å². The van der Waals surface area contributed by atoms with Crippen molar-refractivity contribution in [2.75, 3.05) is 12.3 Å². The maximum absolute atomic E-state index is 4.44. The number of hydrogen-bond acceptors (Lipinski definition) is 4. The van der Waals surface area contributed by atoms with E-state index >= 15 is 0 Å². The van der Waals surface area contributed by atoms with Gasteiger partial charge in [0.2, 0.25) is 0 Å². The Morgan fingerprint density at radius 3 is 2.93 bits per heavy atom. The molecule has 2 rings (SSSR count). The van der Waals surface area contributed by atoms with Gasteiger partial charge in [-0.05, 0) is 25.0 Å². The van der Waals surface area contributed by atoms with Gasteiger partial charge in [-0.1, -0.05) is 18.7 Å². The predicted molar refractivity (Wildman–Crippen MR) is 69.9 cm³/mol. The summed E-state index contributed by atoms with van der Waals surface area (Å²) in [5, 5.41) is 4.52. The van der Waals surface area contributed by atoms with E-state index in [2.05, 4.69) is 29.4 Å². The van der Waals surface area contributed by atoms with Crippen molar-refractivity contribution >= 4 is 28.3 Å².